The molecule has 0 bridgehead atoms. The van der Waals surface area contributed by atoms with Gasteiger partial charge in [-0.3, -0.25) is 9.48 Å². The topological polar surface area (TPSA) is 174 Å². The minimum atomic E-state index is -4.73. The van der Waals surface area contributed by atoms with Crippen LogP contribution in [0.1, 0.15) is 26.3 Å². The SMILES string of the molecule is CN(C)C(=O)Oc1ccc(C[C@@H](C(=O)OC(C)(C)C)N(C(=O)C2CS(=O)(=O)CCN2)S(=O)(=O)c2cnn(C)c2)cc1. The Labute approximate surface area is 239 Å². The third kappa shape index (κ3) is 8.27. The number of hydrogen-bond donors (Lipinski definition) is 1. The Balaban J connectivity index is 2.10. The smallest absolute Gasteiger partial charge is 0.414 e. The van der Waals surface area contributed by atoms with Gasteiger partial charge in [-0.15, -0.1) is 0 Å². The molecule has 1 aliphatic heterocycles. The molecule has 1 aromatic carbocycles. The molecule has 1 N–H and O–H groups in total. The fourth-order valence-corrected chi connectivity index (χ4v) is 6.84. The zero-order valence-electron chi connectivity index (χ0n) is 23.7. The van der Waals surface area contributed by atoms with Gasteiger partial charge in [-0.25, -0.2) is 30.7 Å². The third-order valence-corrected chi connectivity index (χ3v) is 9.29. The van der Waals surface area contributed by atoms with Gasteiger partial charge in [0.1, 0.15) is 28.3 Å². The van der Waals surface area contributed by atoms with Gasteiger partial charge in [-0.2, -0.15) is 5.10 Å². The van der Waals surface area contributed by atoms with E-state index in [4.69, 9.17) is 9.47 Å². The van der Waals surface area contributed by atoms with Crippen molar-refractivity contribution in [3.05, 3.63) is 42.2 Å². The molecule has 2 heterocycles. The average molecular weight is 614 g/mol. The quantitative estimate of drug-likeness (QED) is 0.407. The summed E-state index contributed by atoms with van der Waals surface area (Å²) in [5, 5.41) is 6.64. The average Bonchev–Trinajstić information content (AvgIpc) is 3.30. The van der Waals surface area contributed by atoms with Gasteiger partial charge in [0, 0.05) is 40.3 Å². The maximum absolute atomic E-state index is 13.9. The van der Waals surface area contributed by atoms with Gasteiger partial charge in [0.05, 0.1) is 17.7 Å². The largest absolute Gasteiger partial charge is 0.458 e. The molecule has 1 aromatic heterocycles. The van der Waals surface area contributed by atoms with Crippen LogP contribution in [-0.4, -0.2) is 104 Å². The second kappa shape index (κ2) is 12.2. The Bertz CT molecular complexity index is 1490. The lowest BCUT2D eigenvalue weighted by Gasteiger charge is -2.34. The molecule has 3 rings (SSSR count). The van der Waals surface area contributed by atoms with Gasteiger partial charge in [-0.05, 0) is 38.5 Å². The number of benzene rings is 1. The molecular weight excluding hydrogens is 578 g/mol. The fourth-order valence-electron chi connectivity index (χ4n) is 3.92. The summed E-state index contributed by atoms with van der Waals surface area (Å²) in [5.74, 6) is -2.79. The number of sulfonamides is 1. The standard InChI is InChI=1S/C25H35N5O9S2/c1-25(2,3)39-23(32)21(13-17-7-9-18(10-8-17)38-24(33)28(4)5)30(41(36,37)19-14-27-29(6)15-19)22(31)20-16-40(34,35)12-11-26-20/h7-10,14-15,20-21,26H,11-13,16H2,1-6H3/t20?,21-/m0/s1. The lowest BCUT2D eigenvalue weighted by Crippen LogP contribution is -2.60. The van der Waals surface area contributed by atoms with Gasteiger partial charge in [0.25, 0.3) is 15.9 Å². The number of nitrogens with zero attached hydrogens (tertiary/aromatic N) is 4. The molecule has 226 valence electrons. The Morgan fingerprint density at radius 1 is 1.17 bits per heavy atom. The van der Waals surface area contributed by atoms with Crippen molar-refractivity contribution in [2.45, 2.75) is 49.8 Å². The molecule has 16 heteroatoms. The van der Waals surface area contributed by atoms with Crippen LogP contribution in [0, 0.1) is 0 Å². The van der Waals surface area contributed by atoms with Crippen LogP contribution >= 0.6 is 0 Å². The van der Waals surface area contributed by atoms with Crippen molar-refractivity contribution in [2.24, 2.45) is 7.05 Å². The predicted molar refractivity (Wildman–Crippen MR) is 147 cm³/mol. The zero-order valence-corrected chi connectivity index (χ0v) is 25.4. The summed E-state index contributed by atoms with van der Waals surface area (Å²) in [5.41, 5.74) is -0.632. The summed E-state index contributed by atoms with van der Waals surface area (Å²) in [6, 6.07) is 2.81. The fraction of sp³-hybridized carbons (Fsp3) is 0.520. The number of aryl methyl sites for hydroxylation is 1. The molecule has 14 nitrogen and oxygen atoms in total. The number of amides is 2. The van der Waals surface area contributed by atoms with Crippen LogP contribution in [0.15, 0.2) is 41.6 Å². The van der Waals surface area contributed by atoms with Crippen molar-refractivity contribution in [3.8, 4) is 5.75 Å². The monoisotopic (exact) mass is 613 g/mol. The third-order valence-electron chi connectivity index (χ3n) is 5.86. The van der Waals surface area contributed by atoms with Crippen LogP contribution in [-0.2, 0) is 47.7 Å². The summed E-state index contributed by atoms with van der Waals surface area (Å²) in [6.07, 6.45) is 1.27. The van der Waals surface area contributed by atoms with E-state index >= 15 is 0 Å². The van der Waals surface area contributed by atoms with Gasteiger partial charge in [-0.1, -0.05) is 12.1 Å². The van der Waals surface area contributed by atoms with Crippen molar-refractivity contribution in [1.29, 1.82) is 0 Å². The lowest BCUT2D eigenvalue weighted by atomic mass is 10.0. The lowest BCUT2D eigenvalue weighted by molar-refractivity contribution is -0.162. The summed E-state index contributed by atoms with van der Waals surface area (Å²) in [4.78, 5) is 40.2. The first kappa shape index (κ1) is 32.0. The van der Waals surface area contributed by atoms with Gasteiger partial charge < -0.3 is 19.7 Å². The van der Waals surface area contributed by atoms with E-state index in [2.05, 4.69) is 10.4 Å². The van der Waals surface area contributed by atoms with Gasteiger partial charge >= 0.3 is 12.1 Å². The molecule has 0 saturated carbocycles. The zero-order chi connectivity index (χ0) is 30.8. The summed E-state index contributed by atoms with van der Waals surface area (Å²) in [7, 11) is -3.87. The van der Waals surface area contributed by atoms with Crippen molar-refractivity contribution in [3.63, 3.8) is 0 Å². The molecule has 1 saturated heterocycles. The molecule has 0 radical (unpaired) electrons. The number of esters is 1. The maximum atomic E-state index is 13.9. The van der Waals surface area contributed by atoms with Crippen LogP contribution in [0.2, 0.25) is 0 Å². The number of aromatic nitrogens is 2. The maximum Gasteiger partial charge on any atom is 0.414 e. The Morgan fingerprint density at radius 3 is 2.32 bits per heavy atom. The minimum absolute atomic E-state index is 0.0657. The number of carbonyl (C=O) groups is 3. The van der Waals surface area contributed by atoms with E-state index in [9.17, 15) is 31.2 Å². The first-order valence-corrected chi connectivity index (χ1v) is 15.9. The van der Waals surface area contributed by atoms with E-state index in [0.29, 0.717) is 9.87 Å². The van der Waals surface area contributed by atoms with E-state index in [-0.39, 0.29) is 29.4 Å². The summed E-state index contributed by atoms with van der Waals surface area (Å²) < 4.78 is 64.9. The first-order valence-electron chi connectivity index (χ1n) is 12.6. The van der Waals surface area contributed by atoms with Crippen LogP contribution in [0.25, 0.3) is 0 Å². The normalized spacial score (nSPS) is 17.8. The number of rotatable bonds is 8. The summed E-state index contributed by atoms with van der Waals surface area (Å²) in [6.45, 7) is 4.70. The highest BCUT2D eigenvalue weighted by Gasteiger charge is 2.46. The second-order valence-electron chi connectivity index (χ2n) is 10.8. The Hall–Kier alpha value is -3.50. The van der Waals surface area contributed by atoms with E-state index < -0.39 is 61.3 Å². The van der Waals surface area contributed by atoms with Crippen molar-refractivity contribution >= 4 is 37.8 Å². The number of ether oxygens (including phenoxy) is 2. The van der Waals surface area contributed by atoms with E-state index in [1.54, 1.807) is 20.8 Å². The molecule has 0 aliphatic carbocycles. The molecule has 0 spiro atoms. The number of nitrogens with one attached hydrogen (secondary N) is 1. The highest BCUT2D eigenvalue weighted by Crippen LogP contribution is 2.26. The van der Waals surface area contributed by atoms with Crippen molar-refractivity contribution in [1.82, 2.24) is 24.3 Å². The van der Waals surface area contributed by atoms with Crippen LogP contribution in [0.3, 0.4) is 0 Å². The first-order chi connectivity index (χ1) is 18.9. The molecule has 1 aliphatic rings. The van der Waals surface area contributed by atoms with Gasteiger partial charge in [0.15, 0.2) is 9.84 Å². The number of carbonyl (C=O) groups excluding carboxylic acids is 3. The Morgan fingerprint density at radius 2 is 1.80 bits per heavy atom. The molecule has 41 heavy (non-hydrogen) atoms. The predicted octanol–water partition coefficient (Wildman–Crippen LogP) is 0.337. The van der Waals surface area contributed by atoms with Gasteiger partial charge in [0.2, 0.25) is 0 Å². The second-order valence-corrected chi connectivity index (χ2v) is 14.8. The molecule has 2 atom stereocenters. The van der Waals surface area contributed by atoms with E-state index in [1.807, 2.05) is 0 Å². The molecule has 1 unspecified atom stereocenters. The molecule has 2 aromatic rings. The number of hydrogen-bond acceptors (Lipinski definition) is 11. The van der Waals surface area contributed by atoms with Crippen LogP contribution in [0.4, 0.5) is 4.79 Å². The van der Waals surface area contributed by atoms with Crippen molar-refractivity contribution in [2.75, 3.05) is 32.1 Å². The molecule has 2 amide bonds. The highest BCUT2D eigenvalue weighted by atomic mass is 32.2. The molecule has 1 fully saturated rings. The number of sulfone groups is 1. The van der Waals surface area contributed by atoms with E-state index in [1.165, 1.54) is 61.2 Å². The van der Waals surface area contributed by atoms with E-state index in [0.717, 1.165) is 6.20 Å². The highest BCUT2D eigenvalue weighted by molar-refractivity contribution is 7.91. The molecular formula is C25H35N5O9S2. The van der Waals surface area contributed by atoms with Crippen LogP contribution in [0.5, 0.6) is 5.75 Å². The van der Waals surface area contributed by atoms with Crippen LogP contribution < -0.4 is 10.1 Å². The summed E-state index contributed by atoms with van der Waals surface area (Å²) >= 11 is 0. The minimum Gasteiger partial charge on any atom is -0.458 e. The Kier molecular flexibility index (Phi) is 9.50. The van der Waals surface area contributed by atoms with Crippen molar-refractivity contribution < 1.29 is 40.7 Å².